The molecule has 3 heterocycles. The Morgan fingerprint density at radius 3 is 2.71 bits per heavy atom. The molecule has 1 saturated heterocycles. The van der Waals surface area contributed by atoms with Crippen LogP contribution in [-0.4, -0.2) is 73.4 Å². The molecule has 0 radical (unpaired) electrons. The van der Waals surface area contributed by atoms with E-state index in [0.29, 0.717) is 16.7 Å². The summed E-state index contributed by atoms with van der Waals surface area (Å²) >= 11 is 0.964. The fourth-order valence-corrected chi connectivity index (χ4v) is 6.52. The number of hydrogen-bond donors (Lipinski definition) is 5. The van der Waals surface area contributed by atoms with Crippen LogP contribution in [0.2, 0.25) is 0 Å². The number of carbonyl (C=O) groups excluding carboxylic acids is 1. The van der Waals surface area contributed by atoms with E-state index in [4.69, 9.17) is 19.5 Å². The summed E-state index contributed by atoms with van der Waals surface area (Å²) in [4.78, 5) is 16.6. The van der Waals surface area contributed by atoms with Crippen LogP contribution in [0.5, 0.6) is 0 Å². The summed E-state index contributed by atoms with van der Waals surface area (Å²) in [6.07, 6.45) is -0.298. The number of fused-ring (bicyclic) bond motifs is 1. The van der Waals surface area contributed by atoms with Crippen molar-refractivity contribution >= 4 is 41.3 Å². The van der Waals surface area contributed by atoms with Crippen LogP contribution in [0.25, 0.3) is 11.0 Å². The molecular weight excluding hydrogens is 571 g/mol. The predicted octanol–water partition coefficient (Wildman–Crippen LogP) is 2.84. The van der Waals surface area contributed by atoms with Gasteiger partial charge in [0.05, 0.1) is 25.2 Å². The monoisotopic (exact) mass is 608 g/mol. The van der Waals surface area contributed by atoms with Gasteiger partial charge in [0.2, 0.25) is 0 Å². The highest BCUT2D eigenvalue weighted by atomic mass is 32.2. The molecule has 0 aliphatic carbocycles. The molecule has 12 nitrogen and oxygen atoms in total. The molecule has 14 heteroatoms. The van der Waals surface area contributed by atoms with Gasteiger partial charge in [-0.15, -0.1) is 0 Å². The van der Waals surface area contributed by atoms with Gasteiger partial charge in [-0.3, -0.25) is 13.8 Å². The fourth-order valence-electron chi connectivity index (χ4n) is 4.28. The number of ether oxygens (including phenoxy) is 1. The number of nitrogens with one attached hydrogen (secondary N) is 1. The molecule has 6 N–H and O–H groups in total. The van der Waals surface area contributed by atoms with Gasteiger partial charge < -0.3 is 30.4 Å². The van der Waals surface area contributed by atoms with Crippen LogP contribution in [0.1, 0.15) is 32.6 Å². The van der Waals surface area contributed by atoms with Gasteiger partial charge in [0, 0.05) is 35.8 Å². The fraction of sp³-hybridized carbons (Fsp3) is 0.481. The van der Waals surface area contributed by atoms with Crippen molar-refractivity contribution in [3.05, 3.63) is 60.4 Å². The Balaban J connectivity index is 1.44. The molecule has 5 atom stereocenters. The number of anilines is 1. The Hall–Kier alpha value is -2.32. The van der Waals surface area contributed by atoms with Gasteiger partial charge in [-0.2, -0.15) is 0 Å². The summed E-state index contributed by atoms with van der Waals surface area (Å²) in [5.41, 5.74) is 5.20. The summed E-state index contributed by atoms with van der Waals surface area (Å²) in [5.74, 6) is 0.179. The molecule has 2 aromatic heterocycles. The van der Waals surface area contributed by atoms with Crippen LogP contribution in [-0.2, 0) is 29.7 Å². The van der Waals surface area contributed by atoms with E-state index in [9.17, 15) is 24.7 Å². The van der Waals surface area contributed by atoms with E-state index in [1.54, 1.807) is 36.7 Å². The number of thioether (sulfide) groups is 1. The molecule has 0 amide bonds. The molecular formula is C27H37N4O8PS. The van der Waals surface area contributed by atoms with Gasteiger partial charge in [-0.05, 0) is 38.5 Å². The smallest absolute Gasteiger partial charge is 0.398 e. The maximum atomic E-state index is 13.7. The average molecular weight is 609 g/mol. The van der Waals surface area contributed by atoms with Gasteiger partial charge in [-0.1, -0.05) is 42.1 Å². The van der Waals surface area contributed by atoms with E-state index < -0.39 is 37.2 Å². The molecule has 0 saturated carbocycles. The van der Waals surface area contributed by atoms with Crippen LogP contribution in [0.15, 0.2) is 54.9 Å². The molecule has 0 bridgehead atoms. The number of aliphatic hydroxyl groups is 3. The highest BCUT2D eigenvalue weighted by Crippen LogP contribution is 2.47. The van der Waals surface area contributed by atoms with Crippen molar-refractivity contribution in [3.8, 4) is 0 Å². The molecule has 2 unspecified atom stereocenters. The first-order valence-corrected chi connectivity index (χ1v) is 15.6. The molecule has 41 heavy (non-hydrogen) atoms. The second kappa shape index (κ2) is 12.9. The van der Waals surface area contributed by atoms with Crippen molar-refractivity contribution < 1.29 is 38.5 Å². The summed E-state index contributed by atoms with van der Waals surface area (Å²) in [7, 11) is -3.97. The predicted molar refractivity (Wildman–Crippen MR) is 156 cm³/mol. The number of nitrogens with zero attached hydrogens (tertiary/aromatic N) is 2. The van der Waals surface area contributed by atoms with Crippen molar-refractivity contribution in [2.45, 2.75) is 51.4 Å². The van der Waals surface area contributed by atoms with E-state index >= 15 is 0 Å². The lowest BCUT2D eigenvalue weighted by atomic mass is 9.96. The quantitative estimate of drug-likeness (QED) is 0.142. The second-order valence-electron chi connectivity index (χ2n) is 10.7. The number of benzene rings is 1. The number of aromatic nitrogens is 2. The van der Waals surface area contributed by atoms with Crippen LogP contribution < -0.4 is 10.8 Å². The number of pyridine rings is 1. The van der Waals surface area contributed by atoms with Crippen molar-refractivity contribution in [3.63, 3.8) is 0 Å². The molecule has 3 aromatic rings. The first-order chi connectivity index (χ1) is 19.4. The van der Waals surface area contributed by atoms with E-state index in [2.05, 4.69) is 10.1 Å². The van der Waals surface area contributed by atoms with Crippen molar-refractivity contribution in [2.75, 3.05) is 31.3 Å². The van der Waals surface area contributed by atoms with Crippen molar-refractivity contribution in [1.29, 1.82) is 0 Å². The van der Waals surface area contributed by atoms with Gasteiger partial charge in [-0.25, -0.2) is 14.6 Å². The normalized spacial score (nSPS) is 24.5. The highest BCUT2D eigenvalue weighted by molar-refractivity contribution is 8.13. The maximum Gasteiger partial charge on any atom is 0.405 e. The molecule has 4 rings (SSSR count). The zero-order valence-electron chi connectivity index (χ0n) is 23.2. The van der Waals surface area contributed by atoms with Crippen molar-refractivity contribution in [1.82, 2.24) is 14.6 Å². The lowest BCUT2D eigenvalue weighted by Gasteiger charge is -2.27. The van der Waals surface area contributed by atoms with E-state index in [0.717, 1.165) is 17.3 Å². The number of carbonyl (C=O) groups is 1. The molecule has 0 spiro atoms. The molecule has 1 aromatic carbocycles. The van der Waals surface area contributed by atoms with Gasteiger partial charge in [0.1, 0.15) is 23.5 Å². The van der Waals surface area contributed by atoms with E-state index in [1.807, 2.05) is 30.3 Å². The average Bonchev–Trinajstić information content (AvgIpc) is 3.48. The van der Waals surface area contributed by atoms with Crippen LogP contribution >= 0.6 is 19.5 Å². The number of nitrogen functional groups attached to an aromatic ring is 1. The van der Waals surface area contributed by atoms with Crippen LogP contribution in [0.4, 0.5) is 5.69 Å². The maximum absolute atomic E-state index is 13.7. The zero-order chi connectivity index (χ0) is 29.8. The third-order valence-corrected chi connectivity index (χ3v) is 9.65. The summed E-state index contributed by atoms with van der Waals surface area (Å²) in [6, 6.07) is 12.6. The third-order valence-electron chi connectivity index (χ3n) is 6.91. The lowest BCUT2D eigenvalue weighted by molar-refractivity contribution is -0.119. The van der Waals surface area contributed by atoms with Gasteiger partial charge in [0.15, 0.2) is 11.3 Å². The topological polar surface area (TPSA) is 178 Å². The zero-order valence-corrected chi connectivity index (χ0v) is 24.9. The van der Waals surface area contributed by atoms with E-state index in [-0.39, 0.29) is 37.2 Å². The first kappa shape index (κ1) is 31.6. The third kappa shape index (κ3) is 7.19. The SMILES string of the molecule is CC(C)(CO)C(=O)SCCOP(=O)(NCc1ccccc1)OC[C@H]1O[C@@H](n2ccc3c(N)ccnc32)C(C)(O)[C@H]1O. The Bertz CT molecular complexity index is 1390. The molecule has 1 fully saturated rings. The number of nitrogens with two attached hydrogens (primary N) is 1. The van der Waals surface area contributed by atoms with Crippen molar-refractivity contribution in [2.24, 2.45) is 5.41 Å². The summed E-state index contributed by atoms with van der Waals surface area (Å²) in [5, 5.41) is 34.8. The Labute approximate surface area is 242 Å². The summed E-state index contributed by atoms with van der Waals surface area (Å²) < 4.78 is 32.7. The number of aliphatic hydroxyl groups excluding tert-OH is 2. The number of rotatable bonds is 13. The number of hydrogen-bond acceptors (Lipinski definition) is 11. The lowest BCUT2D eigenvalue weighted by Crippen LogP contribution is -2.44. The summed E-state index contributed by atoms with van der Waals surface area (Å²) in [6.45, 7) is 4.12. The minimum Gasteiger partial charge on any atom is -0.398 e. The van der Waals surface area contributed by atoms with Crippen LogP contribution in [0.3, 0.4) is 0 Å². The standard InChI is InChI=1S/C27H37N4O8PS/c1-26(2,17-32)25(34)41-14-13-37-40(36,30-15-18-7-5-4-6-8-18)38-16-21-22(33)27(3,35)24(39-21)31-12-10-19-20(28)9-11-29-23(19)31/h4-12,21-22,24,32-33,35H,13-17H2,1-3H3,(H2,28,29)(H,30,36)/t21-,22+,24-,27?,40?/m1/s1. The largest absolute Gasteiger partial charge is 0.405 e. The first-order valence-electron chi connectivity index (χ1n) is 13.1. The molecule has 1 aliphatic rings. The highest BCUT2D eigenvalue weighted by Gasteiger charge is 2.54. The Kier molecular flexibility index (Phi) is 9.95. The minimum atomic E-state index is -3.97. The van der Waals surface area contributed by atoms with E-state index in [1.165, 1.54) is 13.1 Å². The van der Waals surface area contributed by atoms with Gasteiger partial charge in [0.25, 0.3) is 0 Å². The molecule has 1 aliphatic heterocycles. The minimum absolute atomic E-state index is 0.0894. The van der Waals surface area contributed by atoms with Gasteiger partial charge >= 0.3 is 7.75 Å². The second-order valence-corrected chi connectivity index (χ2v) is 13.6. The molecule has 224 valence electrons. The van der Waals surface area contributed by atoms with Crippen LogP contribution in [0, 0.1) is 5.41 Å². The Morgan fingerprint density at radius 2 is 2.00 bits per heavy atom. The Morgan fingerprint density at radius 1 is 1.27 bits per heavy atom.